The van der Waals surface area contributed by atoms with Crippen molar-refractivity contribution in [3.63, 3.8) is 0 Å². The summed E-state index contributed by atoms with van der Waals surface area (Å²) in [4.78, 5) is 12.5. The van der Waals surface area contributed by atoms with Crippen LogP contribution in [0, 0.1) is 0 Å². The molecule has 2 fully saturated rings. The highest BCUT2D eigenvalue weighted by atomic mass is 16.5. The standard InChI is InChI=1S/C12H20NO2/c14-10-15-9-8-13(12-6-7-12)11-4-2-1-3-5-11/h11-12H,1-9H2. The summed E-state index contributed by atoms with van der Waals surface area (Å²) < 4.78 is 4.69. The molecule has 0 amide bonds. The second-order valence-electron chi connectivity index (χ2n) is 4.69. The second kappa shape index (κ2) is 5.50. The Morgan fingerprint density at radius 2 is 1.73 bits per heavy atom. The van der Waals surface area contributed by atoms with E-state index in [2.05, 4.69) is 9.64 Å². The van der Waals surface area contributed by atoms with Gasteiger partial charge < -0.3 is 4.74 Å². The first-order chi connectivity index (χ1) is 7.42. The van der Waals surface area contributed by atoms with Crippen molar-refractivity contribution >= 4 is 6.47 Å². The normalized spacial score (nSPS) is 23.0. The zero-order chi connectivity index (χ0) is 10.5. The summed E-state index contributed by atoms with van der Waals surface area (Å²) in [6.45, 7) is 2.93. The Kier molecular flexibility index (Phi) is 4.01. The van der Waals surface area contributed by atoms with Crippen molar-refractivity contribution in [3.05, 3.63) is 0 Å². The third-order valence-electron chi connectivity index (χ3n) is 3.57. The minimum absolute atomic E-state index is 0.510. The van der Waals surface area contributed by atoms with Crippen LogP contribution in [0.15, 0.2) is 0 Å². The van der Waals surface area contributed by atoms with Gasteiger partial charge in [0, 0.05) is 18.6 Å². The quantitative estimate of drug-likeness (QED) is 0.627. The molecule has 0 unspecified atom stereocenters. The molecule has 0 N–H and O–H groups in total. The number of carbonyl (C=O) groups excluding carboxylic acids is 1. The van der Waals surface area contributed by atoms with Gasteiger partial charge >= 0.3 is 6.47 Å². The lowest BCUT2D eigenvalue weighted by atomic mass is 9.94. The largest absolute Gasteiger partial charge is 0.456 e. The van der Waals surface area contributed by atoms with Crippen LogP contribution in [0.1, 0.15) is 44.9 Å². The summed E-state index contributed by atoms with van der Waals surface area (Å²) in [5.74, 6) is 0. The van der Waals surface area contributed by atoms with E-state index in [1.807, 2.05) is 0 Å². The van der Waals surface area contributed by atoms with Crippen LogP contribution in [0.5, 0.6) is 0 Å². The Morgan fingerprint density at radius 1 is 1.07 bits per heavy atom. The molecule has 2 aliphatic rings. The van der Waals surface area contributed by atoms with Crippen LogP contribution in [0.25, 0.3) is 0 Å². The third-order valence-corrected chi connectivity index (χ3v) is 3.57. The Morgan fingerprint density at radius 3 is 2.33 bits per heavy atom. The van der Waals surface area contributed by atoms with Crippen molar-refractivity contribution in [1.29, 1.82) is 0 Å². The van der Waals surface area contributed by atoms with Crippen LogP contribution in [-0.4, -0.2) is 36.6 Å². The highest BCUT2D eigenvalue weighted by molar-refractivity contribution is 5.38. The van der Waals surface area contributed by atoms with Gasteiger partial charge in [0.2, 0.25) is 0 Å². The predicted molar refractivity (Wildman–Crippen MR) is 58.2 cm³/mol. The lowest BCUT2D eigenvalue weighted by Crippen LogP contribution is -2.40. The fourth-order valence-corrected chi connectivity index (χ4v) is 2.67. The molecule has 1 radical (unpaired) electrons. The van der Waals surface area contributed by atoms with Crippen LogP contribution in [-0.2, 0) is 9.53 Å². The van der Waals surface area contributed by atoms with Crippen molar-refractivity contribution < 1.29 is 9.53 Å². The van der Waals surface area contributed by atoms with Crippen molar-refractivity contribution in [2.75, 3.05) is 13.2 Å². The Labute approximate surface area is 91.8 Å². The van der Waals surface area contributed by atoms with E-state index in [9.17, 15) is 4.79 Å². The second-order valence-corrected chi connectivity index (χ2v) is 4.69. The van der Waals surface area contributed by atoms with Gasteiger partial charge in [0.15, 0.2) is 0 Å². The summed E-state index contributed by atoms with van der Waals surface area (Å²) in [7, 11) is 0. The first-order valence-corrected chi connectivity index (χ1v) is 6.16. The van der Waals surface area contributed by atoms with Gasteiger partial charge in [-0.25, -0.2) is 4.79 Å². The summed E-state index contributed by atoms with van der Waals surface area (Å²) in [6.07, 6.45) is 9.47. The number of nitrogens with zero attached hydrogens (tertiary/aromatic N) is 1. The zero-order valence-corrected chi connectivity index (χ0v) is 9.28. The number of hydrogen-bond donors (Lipinski definition) is 0. The lowest BCUT2D eigenvalue weighted by Gasteiger charge is -2.34. The highest BCUT2D eigenvalue weighted by Gasteiger charge is 2.33. The molecular formula is C12H20NO2. The van der Waals surface area contributed by atoms with Crippen molar-refractivity contribution in [1.82, 2.24) is 4.90 Å². The van der Waals surface area contributed by atoms with E-state index >= 15 is 0 Å². The zero-order valence-electron chi connectivity index (χ0n) is 9.28. The molecule has 0 aliphatic heterocycles. The molecule has 0 saturated heterocycles. The molecular weight excluding hydrogens is 190 g/mol. The van der Waals surface area contributed by atoms with Crippen LogP contribution in [0.3, 0.4) is 0 Å². The van der Waals surface area contributed by atoms with E-state index in [4.69, 9.17) is 0 Å². The SMILES string of the molecule is O=[C]OCCN(C1CCCCC1)C1CC1. The fourth-order valence-electron chi connectivity index (χ4n) is 2.67. The van der Waals surface area contributed by atoms with Crippen LogP contribution < -0.4 is 0 Å². The van der Waals surface area contributed by atoms with E-state index in [0.717, 1.165) is 18.6 Å². The van der Waals surface area contributed by atoms with E-state index in [1.165, 1.54) is 51.4 Å². The van der Waals surface area contributed by atoms with Crippen molar-refractivity contribution in [3.8, 4) is 0 Å². The van der Waals surface area contributed by atoms with Gasteiger partial charge in [0.05, 0.1) is 0 Å². The molecule has 0 spiro atoms. The van der Waals surface area contributed by atoms with Crippen LogP contribution >= 0.6 is 0 Å². The molecule has 3 heteroatoms. The maximum absolute atomic E-state index is 9.98. The van der Waals surface area contributed by atoms with Crippen molar-refractivity contribution in [2.24, 2.45) is 0 Å². The van der Waals surface area contributed by atoms with Gasteiger partial charge in [-0.05, 0) is 25.7 Å². The molecule has 2 saturated carbocycles. The van der Waals surface area contributed by atoms with E-state index in [-0.39, 0.29) is 0 Å². The van der Waals surface area contributed by atoms with Gasteiger partial charge in [-0.15, -0.1) is 0 Å². The van der Waals surface area contributed by atoms with Gasteiger partial charge in [0.1, 0.15) is 6.61 Å². The molecule has 0 bridgehead atoms. The number of hydrogen-bond acceptors (Lipinski definition) is 3. The maximum Gasteiger partial charge on any atom is 0.417 e. The summed E-state index contributed by atoms with van der Waals surface area (Å²) in [6, 6.07) is 1.53. The third kappa shape index (κ3) is 3.20. The number of ether oxygens (including phenoxy) is 1. The molecule has 0 heterocycles. The first kappa shape index (κ1) is 10.9. The average molecular weight is 210 g/mol. The average Bonchev–Trinajstić information content (AvgIpc) is 3.10. The van der Waals surface area contributed by atoms with Gasteiger partial charge in [-0.1, -0.05) is 19.3 Å². The topological polar surface area (TPSA) is 29.5 Å². The summed E-state index contributed by atoms with van der Waals surface area (Å²) >= 11 is 0. The Balaban J connectivity index is 1.78. The first-order valence-electron chi connectivity index (χ1n) is 6.16. The highest BCUT2D eigenvalue weighted by Crippen LogP contribution is 2.33. The predicted octanol–water partition coefficient (Wildman–Crippen LogP) is 1.87. The van der Waals surface area contributed by atoms with Gasteiger partial charge in [-0.2, -0.15) is 0 Å². The molecule has 0 atom stereocenters. The number of rotatable bonds is 6. The van der Waals surface area contributed by atoms with Crippen molar-refractivity contribution in [2.45, 2.75) is 57.0 Å². The van der Waals surface area contributed by atoms with E-state index in [1.54, 1.807) is 0 Å². The smallest absolute Gasteiger partial charge is 0.417 e. The van der Waals surface area contributed by atoms with Gasteiger partial charge in [-0.3, -0.25) is 4.90 Å². The minimum Gasteiger partial charge on any atom is -0.456 e. The summed E-state index contributed by atoms with van der Waals surface area (Å²) in [5, 5.41) is 0. The van der Waals surface area contributed by atoms with Gasteiger partial charge in [0.25, 0.3) is 0 Å². The maximum atomic E-state index is 9.98. The fraction of sp³-hybridized carbons (Fsp3) is 0.917. The Bertz CT molecular complexity index is 198. The monoisotopic (exact) mass is 210 g/mol. The van der Waals surface area contributed by atoms with E-state index < -0.39 is 0 Å². The summed E-state index contributed by atoms with van der Waals surface area (Å²) in [5.41, 5.74) is 0. The van der Waals surface area contributed by atoms with E-state index in [0.29, 0.717) is 6.61 Å². The van der Waals surface area contributed by atoms with Crippen LogP contribution in [0.2, 0.25) is 0 Å². The molecule has 0 aromatic heterocycles. The minimum atomic E-state index is 0.510. The molecule has 0 aromatic rings. The Hall–Kier alpha value is -0.570. The molecule has 2 aliphatic carbocycles. The molecule has 3 nitrogen and oxygen atoms in total. The van der Waals surface area contributed by atoms with Crippen LogP contribution in [0.4, 0.5) is 0 Å². The lowest BCUT2D eigenvalue weighted by molar-refractivity contribution is 0.118. The molecule has 0 aromatic carbocycles. The molecule has 85 valence electrons. The molecule has 2 rings (SSSR count). The molecule has 15 heavy (non-hydrogen) atoms.